The summed E-state index contributed by atoms with van der Waals surface area (Å²) in [6.45, 7) is 7.70. The fourth-order valence-electron chi connectivity index (χ4n) is 4.63. The van der Waals surface area contributed by atoms with E-state index in [1.807, 2.05) is 12.1 Å². The Morgan fingerprint density at radius 1 is 1.07 bits per heavy atom. The van der Waals surface area contributed by atoms with Crippen molar-refractivity contribution >= 4 is 29.6 Å². The minimum Gasteiger partial charge on any atom is -0.493 e. The van der Waals surface area contributed by atoms with E-state index in [4.69, 9.17) is 32.4 Å². The number of hydrogen-bond acceptors (Lipinski definition) is 6. The minimum absolute atomic E-state index is 0.00103. The predicted molar refractivity (Wildman–Crippen MR) is 151 cm³/mol. The molecule has 0 bridgehead atoms. The number of halogens is 1. The summed E-state index contributed by atoms with van der Waals surface area (Å²) in [5, 5.41) is 12.4. The second-order valence-electron chi connectivity index (χ2n) is 9.36. The van der Waals surface area contributed by atoms with Crippen LogP contribution in [0.4, 0.5) is 4.79 Å². The van der Waals surface area contributed by atoms with Gasteiger partial charge in [0, 0.05) is 12.8 Å². The average molecular weight is 578 g/mol. The van der Waals surface area contributed by atoms with Gasteiger partial charge in [0.25, 0.3) is 5.91 Å². The van der Waals surface area contributed by atoms with Crippen molar-refractivity contribution in [3.8, 4) is 17.2 Å². The van der Waals surface area contributed by atoms with Crippen LogP contribution >= 0.6 is 11.6 Å². The first kappa shape index (κ1) is 29.2. The van der Waals surface area contributed by atoms with Gasteiger partial charge < -0.3 is 29.5 Å². The first-order valence-corrected chi connectivity index (χ1v) is 13.0. The van der Waals surface area contributed by atoms with Crippen molar-refractivity contribution in [1.82, 2.24) is 10.2 Å². The van der Waals surface area contributed by atoms with E-state index in [2.05, 4.69) is 10.2 Å². The van der Waals surface area contributed by atoms with E-state index < -0.39 is 24.0 Å². The van der Waals surface area contributed by atoms with Crippen LogP contribution in [0.1, 0.15) is 27.0 Å². The van der Waals surface area contributed by atoms with Crippen LogP contribution in [0.2, 0.25) is 5.02 Å². The van der Waals surface area contributed by atoms with Crippen LogP contribution in [0.3, 0.4) is 0 Å². The summed E-state index contributed by atoms with van der Waals surface area (Å²) >= 11 is 6.06. The number of carbonyl (C=O) groups is 3. The highest BCUT2D eigenvalue weighted by atomic mass is 35.5. The molecule has 1 aliphatic rings. The maximum absolute atomic E-state index is 13.2. The van der Waals surface area contributed by atoms with Gasteiger partial charge in [0.05, 0.1) is 31.4 Å². The number of methoxy groups -OCH3 is 2. The number of hydrogen-bond donors (Lipinski definition) is 2. The molecule has 0 spiro atoms. The quantitative estimate of drug-likeness (QED) is 0.356. The topological polar surface area (TPSA) is 119 Å². The molecule has 212 valence electrons. The third-order valence-corrected chi connectivity index (χ3v) is 7.10. The molecule has 3 aromatic rings. The van der Waals surface area contributed by atoms with Crippen LogP contribution in [-0.2, 0) is 24.2 Å². The molecule has 10 nitrogen and oxygen atoms in total. The number of nitrogens with one attached hydrogen (secondary N) is 1. The number of rotatable bonds is 9. The number of carboxylic acid groups (broad SMARTS) is 1. The lowest BCUT2D eigenvalue weighted by atomic mass is 9.93. The Bertz CT molecular complexity index is 1490. The van der Waals surface area contributed by atoms with Gasteiger partial charge in [0.1, 0.15) is 17.8 Å². The van der Waals surface area contributed by atoms with E-state index in [1.165, 1.54) is 18.1 Å². The summed E-state index contributed by atoms with van der Waals surface area (Å²) in [7, 11) is 3.09. The van der Waals surface area contributed by atoms with Gasteiger partial charge in [-0.2, -0.15) is 0 Å². The summed E-state index contributed by atoms with van der Waals surface area (Å²) in [4.78, 5) is 42.6. The van der Waals surface area contributed by atoms with E-state index in [0.717, 1.165) is 11.1 Å². The molecule has 0 aliphatic carbocycles. The maximum atomic E-state index is 13.2. The van der Waals surface area contributed by atoms with Crippen molar-refractivity contribution in [3.05, 3.63) is 99.4 Å². The zero-order valence-electron chi connectivity index (χ0n) is 22.4. The molecule has 4 rings (SSSR count). The third-order valence-electron chi connectivity index (χ3n) is 6.77. The Labute approximate surface area is 242 Å². The summed E-state index contributed by atoms with van der Waals surface area (Å²) < 4.78 is 16.4. The number of nitrogens with zero attached hydrogens (tertiary/aromatic N) is 2. The SMILES string of the molecule is [C-]#[N+]CC1Cc2cc(OC)c(OC)cc2CN1C(=O)Oc1ccc(CC(NC(=O)c2ccccc2Cl)C(=O)O)cc1. The number of amides is 2. The maximum Gasteiger partial charge on any atom is 0.416 e. The van der Waals surface area contributed by atoms with Gasteiger partial charge in [-0.3, -0.25) is 9.69 Å². The van der Waals surface area contributed by atoms with Crippen molar-refractivity contribution in [1.29, 1.82) is 0 Å². The normalized spacial score (nSPS) is 14.7. The molecule has 0 radical (unpaired) electrons. The summed E-state index contributed by atoms with van der Waals surface area (Å²) in [6.07, 6.45) is -0.147. The molecule has 2 atom stereocenters. The van der Waals surface area contributed by atoms with Crippen LogP contribution in [0.25, 0.3) is 4.85 Å². The zero-order chi connectivity index (χ0) is 29.5. The molecule has 0 aromatic heterocycles. The molecule has 2 amide bonds. The first-order chi connectivity index (χ1) is 19.7. The van der Waals surface area contributed by atoms with Gasteiger partial charge in [-0.05, 0) is 53.1 Å². The lowest BCUT2D eigenvalue weighted by molar-refractivity contribution is -0.139. The molecule has 41 heavy (non-hydrogen) atoms. The monoisotopic (exact) mass is 577 g/mol. The fourth-order valence-corrected chi connectivity index (χ4v) is 4.85. The predicted octanol–water partition coefficient (Wildman–Crippen LogP) is 4.63. The molecule has 11 heteroatoms. The van der Waals surface area contributed by atoms with Gasteiger partial charge >= 0.3 is 12.1 Å². The van der Waals surface area contributed by atoms with Gasteiger partial charge in [-0.25, -0.2) is 16.2 Å². The van der Waals surface area contributed by atoms with E-state index in [0.29, 0.717) is 23.5 Å². The third kappa shape index (κ3) is 6.88. The lowest BCUT2D eigenvalue weighted by Crippen LogP contribution is -2.47. The van der Waals surface area contributed by atoms with Gasteiger partial charge in [-0.1, -0.05) is 35.9 Å². The van der Waals surface area contributed by atoms with Gasteiger partial charge in [0.2, 0.25) is 6.54 Å². The molecule has 1 heterocycles. The number of carboxylic acids is 1. The number of carbonyl (C=O) groups excluding carboxylic acids is 2. The Hall–Kier alpha value is -4.75. The first-order valence-electron chi connectivity index (χ1n) is 12.7. The van der Waals surface area contributed by atoms with Crippen LogP contribution in [-0.4, -0.2) is 60.8 Å². The van der Waals surface area contributed by atoms with Gasteiger partial charge in [-0.15, -0.1) is 0 Å². The Morgan fingerprint density at radius 2 is 1.73 bits per heavy atom. The van der Waals surface area contributed by atoms with Crippen LogP contribution in [0.15, 0.2) is 60.7 Å². The van der Waals surface area contributed by atoms with Crippen molar-refractivity contribution in [2.24, 2.45) is 0 Å². The van der Waals surface area contributed by atoms with Crippen molar-refractivity contribution < 1.29 is 33.7 Å². The summed E-state index contributed by atoms with van der Waals surface area (Å²) in [5.74, 6) is -0.419. The molecule has 0 saturated carbocycles. The van der Waals surface area contributed by atoms with Crippen LogP contribution < -0.4 is 19.5 Å². The highest BCUT2D eigenvalue weighted by Crippen LogP contribution is 2.35. The molecular formula is C30H28ClN3O7. The second-order valence-corrected chi connectivity index (χ2v) is 9.77. The van der Waals surface area contributed by atoms with Crippen LogP contribution in [0.5, 0.6) is 17.2 Å². The smallest absolute Gasteiger partial charge is 0.416 e. The lowest BCUT2D eigenvalue weighted by Gasteiger charge is -2.33. The Kier molecular flexibility index (Phi) is 9.32. The standard InChI is InChI=1S/C30H28ClN3O7/c1-32-16-21-13-19-14-26(39-2)27(40-3)15-20(19)17-34(21)30(38)41-22-10-8-18(9-11-22)12-25(29(36)37)33-28(35)23-6-4-5-7-24(23)31/h4-11,14-15,21,25H,12-13,16-17H2,2-3H3,(H,33,35)(H,36,37). The Morgan fingerprint density at radius 3 is 2.34 bits per heavy atom. The molecular weight excluding hydrogens is 550 g/mol. The second kappa shape index (κ2) is 13.1. The minimum atomic E-state index is -1.20. The van der Waals surface area contributed by atoms with E-state index >= 15 is 0 Å². The average Bonchev–Trinajstić information content (AvgIpc) is 2.96. The largest absolute Gasteiger partial charge is 0.493 e. The van der Waals surface area contributed by atoms with Crippen molar-refractivity contribution in [2.75, 3.05) is 20.8 Å². The molecule has 3 aromatic carbocycles. The number of benzene rings is 3. The molecule has 2 unspecified atom stereocenters. The number of aliphatic carboxylic acids is 1. The van der Waals surface area contributed by atoms with Gasteiger partial charge in [0.15, 0.2) is 11.5 Å². The molecule has 2 N–H and O–H groups in total. The number of ether oxygens (including phenoxy) is 3. The van der Waals surface area contributed by atoms with E-state index in [1.54, 1.807) is 49.6 Å². The summed E-state index contributed by atoms with van der Waals surface area (Å²) in [6, 6.07) is 14.8. The zero-order valence-corrected chi connectivity index (χ0v) is 23.2. The van der Waals surface area contributed by atoms with E-state index in [-0.39, 0.29) is 41.9 Å². The number of fused-ring (bicyclic) bond motifs is 1. The molecule has 0 saturated heterocycles. The molecule has 1 aliphatic heterocycles. The van der Waals surface area contributed by atoms with E-state index in [9.17, 15) is 19.5 Å². The summed E-state index contributed by atoms with van der Waals surface area (Å²) in [5.41, 5.74) is 2.63. The van der Waals surface area contributed by atoms with Crippen molar-refractivity contribution in [3.63, 3.8) is 0 Å². The highest BCUT2D eigenvalue weighted by molar-refractivity contribution is 6.33. The van der Waals surface area contributed by atoms with Crippen molar-refractivity contribution in [2.45, 2.75) is 31.5 Å². The fraction of sp³-hybridized carbons (Fsp3) is 0.267. The Balaban J connectivity index is 1.44. The molecule has 0 fully saturated rings. The van der Waals surface area contributed by atoms with Crippen LogP contribution in [0, 0.1) is 6.57 Å². The highest BCUT2D eigenvalue weighted by Gasteiger charge is 2.34.